The Hall–Kier alpha value is 1.31. The molecule has 0 fully saturated rings. The Bertz CT molecular complexity index is 79.9. The summed E-state index contributed by atoms with van der Waals surface area (Å²) in [4.78, 5) is 10.8. The van der Waals surface area contributed by atoms with Crippen molar-refractivity contribution in [3.05, 3.63) is 0 Å². The second kappa shape index (κ2) is 7.93. The molecule has 0 aliphatic rings. The van der Waals surface area contributed by atoms with E-state index in [4.69, 9.17) is 9.05 Å². The fraction of sp³-hybridized carbons (Fsp3) is 1.00. The Balaban J connectivity index is 0. The zero-order chi connectivity index (χ0) is 8.15. The molecular formula is C6H14NaO3P. The van der Waals surface area contributed by atoms with Crippen LogP contribution in [-0.4, -0.2) is 12.2 Å². The van der Waals surface area contributed by atoms with Gasteiger partial charge in [0.1, 0.15) is 0 Å². The molecule has 0 radical (unpaired) electrons. The standard InChI is InChI=1S/C6H14O3P.Na/c1-5(2)8-10(7)9-6(3)4;/h5-6H,1-4H3;/q-1;+1. The van der Waals surface area contributed by atoms with E-state index in [0.29, 0.717) is 0 Å². The van der Waals surface area contributed by atoms with E-state index >= 15 is 0 Å². The van der Waals surface area contributed by atoms with Crippen LogP contribution in [-0.2, 0) is 9.05 Å². The molecule has 0 aliphatic carbocycles. The van der Waals surface area contributed by atoms with E-state index in [1.165, 1.54) is 0 Å². The Labute approximate surface area is 91.8 Å². The average molecular weight is 188 g/mol. The van der Waals surface area contributed by atoms with Crippen molar-refractivity contribution in [3.63, 3.8) is 0 Å². The van der Waals surface area contributed by atoms with Gasteiger partial charge in [-0.05, 0) is 27.7 Å². The summed E-state index contributed by atoms with van der Waals surface area (Å²) in [6.07, 6.45) is -0.0790. The van der Waals surface area contributed by atoms with E-state index < -0.39 is 8.60 Å². The van der Waals surface area contributed by atoms with Gasteiger partial charge in [-0.25, -0.2) is 0 Å². The minimum absolute atomic E-state index is 0. The molecule has 5 heteroatoms. The maximum absolute atomic E-state index is 10.8. The molecule has 62 valence electrons. The smallest absolute Gasteiger partial charge is 0.786 e. The number of hydrogen-bond acceptors (Lipinski definition) is 3. The van der Waals surface area contributed by atoms with E-state index in [2.05, 4.69) is 0 Å². The van der Waals surface area contributed by atoms with E-state index in [-0.39, 0.29) is 41.8 Å². The van der Waals surface area contributed by atoms with Gasteiger partial charge in [-0.15, -0.1) is 0 Å². The van der Waals surface area contributed by atoms with Gasteiger partial charge in [0.25, 0.3) is 0 Å². The van der Waals surface area contributed by atoms with Crippen LogP contribution in [0.25, 0.3) is 0 Å². The zero-order valence-corrected chi connectivity index (χ0v) is 10.7. The summed E-state index contributed by atoms with van der Waals surface area (Å²) >= 11 is 0. The predicted octanol–water partition coefficient (Wildman–Crippen LogP) is -1.57. The molecule has 0 aromatic rings. The van der Waals surface area contributed by atoms with Gasteiger partial charge in [-0.1, -0.05) is 0 Å². The van der Waals surface area contributed by atoms with Gasteiger partial charge in [0.15, 0.2) is 0 Å². The van der Waals surface area contributed by atoms with Crippen LogP contribution in [0.5, 0.6) is 0 Å². The van der Waals surface area contributed by atoms with E-state index in [0.717, 1.165) is 0 Å². The SMILES string of the molecule is CC(C)OP([O-])OC(C)C.[Na+]. The predicted molar refractivity (Wildman–Crippen MR) is 39.4 cm³/mol. The van der Waals surface area contributed by atoms with Crippen LogP contribution in [0.3, 0.4) is 0 Å². The largest absolute Gasteiger partial charge is 1.00 e. The van der Waals surface area contributed by atoms with E-state index in [9.17, 15) is 4.89 Å². The molecule has 0 atom stereocenters. The van der Waals surface area contributed by atoms with E-state index in [1.807, 2.05) is 27.7 Å². The summed E-state index contributed by atoms with van der Waals surface area (Å²) in [7, 11) is -1.91. The molecule has 0 amide bonds. The van der Waals surface area contributed by atoms with Crippen LogP contribution in [0.2, 0.25) is 0 Å². The maximum atomic E-state index is 10.8. The van der Waals surface area contributed by atoms with Gasteiger partial charge in [0.2, 0.25) is 0 Å². The van der Waals surface area contributed by atoms with Gasteiger partial charge in [-0.3, -0.25) is 0 Å². The third-order valence-electron chi connectivity index (χ3n) is 0.594. The van der Waals surface area contributed by atoms with Crippen molar-refractivity contribution in [3.8, 4) is 0 Å². The van der Waals surface area contributed by atoms with Gasteiger partial charge < -0.3 is 13.9 Å². The molecule has 0 rings (SSSR count). The quantitative estimate of drug-likeness (QED) is 0.395. The first kappa shape index (κ1) is 14.8. The first-order valence-corrected chi connectivity index (χ1v) is 4.42. The summed E-state index contributed by atoms with van der Waals surface area (Å²) < 4.78 is 9.70. The maximum Gasteiger partial charge on any atom is 1.00 e. The summed E-state index contributed by atoms with van der Waals surface area (Å²) in [6.45, 7) is 7.27. The first-order valence-electron chi connectivity index (χ1n) is 3.33. The zero-order valence-electron chi connectivity index (χ0n) is 7.83. The van der Waals surface area contributed by atoms with Crippen LogP contribution in [0.15, 0.2) is 0 Å². The summed E-state index contributed by atoms with van der Waals surface area (Å²) in [5.74, 6) is 0. The number of hydrogen-bond donors (Lipinski definition) is 0. The molecule has 3 nitrogen and oxygen atoms in total. The van der Waals surface area contributed by atoms with E-state index in [1.54, 1.807) is 0 Å². The fourth-order valence-electron chi connectivity index (χ4n) is 0.369. The van der Waals surface area contributed by atoms with Crippen LogP contribution in [0.1, 0.15) is 27.7 Å². The molecule has 0 N–H and O–H groups in total. The van der Waals surface area contributed by atoms with Crippen molar-refractivity contribution in [2.24, 2.45) is 0 Å². The van der Waals surface area contributed by atoms with Crippen molar-refractivity contribution >= 4 is 8.60 Å². The molecule has 0 heterocycles. The van der Waals surface area contributed by atoms with Gasteiger partial charge in [-0.2, -0.15) is 0 Å². The van der Waals surface area contributed by atoms with Crippen molar-refractivity contribution in [2.45, 2.75) is 39.9 Å². The van der Waals surface area contributed by atoms with Crippen LogP contribution < -0.4 is 34.5 Å². The fourth-order valence-corrected chi connectivity index (χ4v) is 1.11. The molecule has 11 heavy (non-hydrogen) atoms. The topological polar surface area (TPSA) is 41.5 Å². The molecular weight excluding hydrogens is 174 g/mol. The average Bonchev–Trinajstić information content (AvgIpc) is 1.58. The minimum atomic E-state index is -1.91. The Kier molecular flexibility index (Phi) is 10.7. The third-order valence-corrected chi connectivity index (χ3v) is 1.78. The van der Waals surface area contributed by atoms with Gasteiger partial charge in [0, 0.05) is 0 Å². The van der Waals surface area contributed by atoms with Crippen molar-refractivity contribution in [1.82, 2.24) is 0 Å². The Morgan fingerprint density at radius 3 is 1.45 bits per heavy atom. The van der Waals surface area contributed by atoms with Crippen LogP contribution in [0, 0.1) is 0 Å². The molecule has 0 spiro atoms. The van der Waals surface area contributed by atoms with Gasteiger partial charge >= 0.3 is 29.6 Å². The molecule has 0 aliphatic heterocycles. The number of rotatable bonds is 4. The Morgan fingerprint density at radius 1 is 1.00 bits per heavy atom. The minimum Gasteiger partial charge on any atom is -0.786 e. The first-order chi connectivity index (χ1) is 4.52. The summed E-state index contributed by atoms with van der Waals surface area (Å²) in [5.41, 5.74) is 0. The van der Waals surface area contributed by atoms with Gasteiger partial charge in [0.05, 0.1) is 20.8 Å². The van der Waals surface area contributed by atoms with Crippen LogP contribution >= 0.6 is 8.60 Å². The molecule has 0 saturated heterocycles. The summed E-state index contributed by atoms with van der Waals surface area (Å²) in [5, 5.41) is 0. The second-order valence-electron chi connectivity index (χ2n) is 2.53. The molecule has 0 aromatic carbocycles. The molecule has 0 saturated carbocycles. The summed E-state index contributed by atoms with van der Waals surface area (Å²) in [6, 6.07) is 0. The molecule has 0 bridgehead atoms. The third kappa shape index (κ3) is 11.3. The second-order valence-corrected chi connectivity index (χ2v) is 3.40. The van der Waals surface area contributed by atoms with Crippen molar-refractivity contribution in [2.75, 3.05) is 0 Å². The Morgan fingerprint density at radius 2 is 1.27 bits per heavy atom. The molecule has 0 unspecified atom stereocenters. The van der Waals surface area contributed by atoms with Crippen molar-refractivity contribution in [1.29, 1.82) is 0 Å². The molecule has 0 aromatic heterocycles. The monoisotopic (exact) mass is 188 g/mol. The van der Waals surface area contributed by atoms with Crippen LogP contribution in [0.4, 0.5) is 0 Å². The normalized spacial score (nSPS) is 10.9. The van der Waals surface area contributed by atoms with Crippen molar-refractivity contribution < 1.29 is 43.5 Å².